The summed E-state index contributed by atoms with van der Waals surface area (Å²) in [5.74, 6) is 2.03. The van der Waals surface area contributed by atoms with Crippen LogP contribution in [0.3, 0.4) is 0 Å². The fourth-order valence-electron chi connectivity index (χ4n) is 8.82. The average Bonchev–Trinajstić information content (AvgIpc) is 3.09. The number of likely N-dealkylation sites (tertiary alicyclic amines) is 4. The van der Waals surface area contributed by atoms with Gasteiger partial charge in [-0.3, -0.25) is 19.4 Å². The summed E-state index contributed by atoms with van der Waals surface area (Å²) in [6, 6.07) is 20.1. The fourth-order valence-corrected chi connectivity index (χ4v) is 9.92. The molecular formula is C42H44BrCl2N5O5. The molecule has 2 spiro atoms. The predicted octanol–water partition coefficient (Wildman–Crippen LogP) is 7.41. The predicted molar refractivity (Wildman–Crippen MR) is 217 cm³/mol. The highest BCUT2D eigenvalue weighted by molar-refractivity contribution is 9.10. The van der Waals surface area contributed by atoms with Crippen molar-refractivity contribution in [3.8, 4) is 39.8 Å². The van der Waals surface area contributed by atoms with Crippen molar-refractivity contribution in [2.75, 3.05) is 66.6 Å². The molecule has 288 valence electrons. The molecule has 0 aliphatic carbocycles. The molecule has 3 aromatic carbocycles. The Kier molecular flexibility index (Phi) is 10.3. The fraction of sp³-hybridized carbons (Fsp3) is 0.405. The highest BCUT2D eigenvalue weighted by atomic mass is 79.9. The van der Waals surface area contributed by atoms with Crippen molar-refractivity contribution in [1.82, 2.24) is 24.6 Å². The minimum absolute atomic E-state index is 0.144. The lowest BCUT2D eigenvalue weighted by Crippen LogP contribution is -2.72. The van der Waals surface area contributed by atoms with Crippen molar-refractivity contribution in [3.63, 3.8) is 0 Å². The van der Waals surface area contributed by atoms with Gasteiger partial charge in [-0.1, -0.05) is 71.7 Å². The van der Waals surface area contributed by atoms with E-state index in [1.807, 2.05) is 58.3 Å². The number of aromatic nitrogens is 1. The number of nitrogens with zero attached hydrogens (tertiary/aromatic N) is 5. The first kappa shape index (κ1) is 38.0. The van der Waals surface area contributed by atoms with Gasteiger partial charge in [-0.25, -0.2) is 0 Å². The number of pyridine rings is 1. The molecule has 1 aromatic heterocycles. The Morgan fingerprint density at radius 3 is 1.84 bits per heavy atom. The molecule has 4 saturated heterocycles. The normalized spacial score (nSPS) is 18.3. The van der Waals surface area contributed by atoms with Gasteiger partial charge in [0.2, 0.25) is 23.6 Å². The zero-order valence-corrected chi connectivity index (χ0v) is 34.6. The third-order valence-corrected chi connectivity index (χ3v) is 12.9. The first-order valence-corrected chi connectivity index (χ1v) is 20.0. The van der Waals surface area contributed by atoms with Gasteiger partial charge in [0.1, 0.15) is 12.4 Å². The van der Waals surface area contributed by atoms with Crippen molar-refractivity contribution >= 4 is 50.9 Å². The number of hydrogen-bond acceptors (Lipinski definition) is 8. The molecule has 13 heteroatoms. The Bertz CT molecular complexity index is 2160. The van der Waals surface area contributed by atoms with Gasteiger partial charge >= 0.3 is 0 Å². The second-order valence-corrected chi connectivity index (χ2v) is 17.4. The van der Waals surface area contributed by atoms with Crippen LogP contribution in [0.2, 0.25) is 10.0 Å². The zero-order valence-electron chi connectivity index (χ0n) is 31.5. The molecule has 0 saturated carbocycles. The lowest BCUT2D eigenvalue weighted by atomic mass is 9.72. The summed E-state index contributed by atoms with van der Waals surface area (Å²) < 4.78 is 18.5. The standard InChI is InChI=1S/C42H44BrCl2N5O5/c1-26(51)49-22-41(23-49)18-47(19-41)15-29-12-11-28(14-36(29)53-3)32-8-6-10-34(38(32)45)33-9-5-7-30(37(33)44)17-55-40-35(43)13-31(39(46-40)54-4)16-48-20-42(21-48)24-50(25-42)27(2)52/h5-14H,15-25H2,1-4H3. The lowest BCUT2D eigenvalue weighted by molar-refractivity contribution is -0.158. The molecule has 4 aromatic rings. The van der Waals surface area contributed by atoms with Crippen LogP contribution in [-0.2, 0) is 29.3 Å². The van der Waals surface area contributed by atoms with Crippen molar-refractivity contribution in [1.29, 1.82) is 0 Å². The summed E-state index contributed by atoms with van der Waals surface area (Å²) in [6.07, 6.45) is 0. The van der Waals surface area contributed by atoms with E-state index in [9.17, 15) is 9.59 Å². The maximum absolute atomic E-state index is 11.7. The van der Waals surface area contributed by atoms with Crippen LogP contribution in [0.4, 0.5) is 0 Å². The third kappa shape index (κ3) is 7.30. The quantitative estimate of drug-likeness (QED) is 0.154. The number of rotatable bonds is 11. The molecule has 55 heavy (non-hydrogen) atoms. The molecule has 0 bridgehead atoms. The van der Waals surface area contributed by atoms with Gasteiger partial charge in [0, 0.05) is 124 Å². The molecule has 0 radical (unpaired) electrons. The summed E-state index contributed by atoms with van der Waals surface area (Å²) in [5.41, 5.74) is 6.78. The van der Waals surface area contributed by atoms with Crippen LogP contribution < -0.4 is 14.2 Å². The minimum Gasteiger partial charge on any atom is -0.496 e. The van der Waals surface area contributed by atoms with Gasteiger partial charge in [-0.2, -0.15) is 4.98 Å². The lowest BCUT2D eigenvalue weighted by Gasteiger charge is -2.60. The maximum atomic E-state index is 11.7. The van der Waals surface area contributed by atoms with Crippen LogP contribution in [0, 0.1) is 10.8 Å². The van der Waals surface area contributed by atoms with Gasteiger partial charge < -0.3 is 24.0 Å². The second kappa shape index (κ2) is 14.9. The van der Waals surface area contributed by atoms with E-state index >= 15 is 0 Å². The number of halogens is 3. The van der Waals surface area contributed by atoms with E-state index in [2.05, 4.69) is 37.9 Å². The van der Waals surface area contributed by atoms with E-state index in [1.54, 1.807) is 28.1 Å². The Morgan fingerprint density at radius 2 is 1.25 bits per heavy atom. The molecule has 4 aliphatic heterocycles. The second-order valence-electron chi connectivity index (χ2n) is 15.7. The smallest absolute Gasteiger partial charge is 0.231 e. The van der Waals surface area contributed by atoms with Gasteiger partial charge in [0.15, 0.2) is 0 Å². The van der Waals surface area contributed by atoms with E-state index in [1.165, 1.54) is 0 Å². The number of hydrogen-bond donors (Lipinski definition) is 0. The summed E-state index contributed by atoms with van der Waals surface area (Å²) >= 11 is 17.9. The van der Waals surface area contributed by atoms with E-state index in [4.69, 9.17) is 42.4 Å². The minimum atomic E-state index is 0.144. The number of carbonyl (C=O) groups excluding carboxylic acids is 2. The Hall–Kier alpha value is -3.87. The summed E-state index contributed by atoms with van der Waals surface area (Å²) in [5, 5.41) is 1.14. The largest absolute Gasteiger partial charge is 0.496 e. The van der Waals surface area contributed by atoms with Crippen LogP contribution in [0.25, 0.3) is 22.3 Å². The molecule has 4 aliphatic rings. The molecule has 2 amide bonds. The highest BCUT2D eigenvalue weighted by Gasteiger charge is 2.53. The monoisotopic (exact) mass is 847 g/mol. The molecule has 0 atom stereocenters. The first-order valence-electron chi connectivity index (χ1n) is 18.4. The summed E-state index contributed by atoms with van der Waals surface area (Å²) in [7, 11) is 3.31. The Morgan fingerprint density at radius 1 is 0.691 bits per heavy atom. The van der Waals surface area contributed by atoms with E-state index in [0.29, 0.717) is 28.3 Å². The molecule has 0 N–H and O–H groups in total. The van der Waals surface area contributed by atoms with Gasteiger partial charge in [0.25, 0.3) is 0 Å². The average molecular weight is 850 g/mol. The third-order valence-electron chi connectivity index (χ3n) is 11.5. The van der Waals surface area contributed by atoms with Crippen molar-refractivity contribution in [2.45, 2.75) is 33.5 Å². The number of carbonyl (C=O) groups is 2. The van der Waals surface area contributed by atoms with Gasteiger partial charge in [-0.15, -0.1) is 0 Å². The first-order chi connectivity index (χ1) is 26.4. The maximum Gasteiger partial charge on any atom is 0.231 e. The SMILES string of the molecule is COc1cc(-c2cccc(-c3cccc(COc4nc(OC)c(CN5CC6(C5)CN(C(C)=O)C6)cc4Br)c3Cl)c2Cl)ccc1CN1CC2(C1)CN(C(C)=O)C2. The van der Waals surface area contributed by atoms with E-state index in [0.717, 1.165) is 108 Å². The Labute approximate surface area is 340 Å². The molecule has 8 rings (SSSR count). The molecule has 10 nitrogen and oxygen atoms in total. The molecule has 5 heterocycles. The van der Waals surface area contributed by atoms with Crippen LogP contribution in [0.15, 0.2) is 65.1 Å². The molecular weight excluding hydrogens is 805 g/mol. The van der Waals surface area contributed by atoms with Crippen LogP contribution in [0.1, 0.15) is 30.5 Å². The van der Waals surface area contributed by atoms with Crippen molar-refractivity contribution in [3.05, 3.63) is 91.9 Å². The number of benzene rings is 3. The van der Waals surface area contributed by atoms with Crippen molar-refractivity contribution < 1.29 is 23.8 Å². The topological polar surface area (TPSA) is 87.7 Å². The van der Waals surface area contributed by atoms with E-state index in [-0.39, 0.29) is 29.3 Å². The van der Waals surface area contributed by atoms with Crippen LogP contribution >= 0.6 is 39.1 Å². The number of ether oxygens (including phenoxy) is 3. The molecule has 4 fully saturated rings. The number of amides is 2. The molecule has 0 unspecified atom stereocenters. The zero-order chi connectivity index (χ0) is 38.6. The van der Waals surface area contributed by atoms with Crippen LogP contribution in [-0.4, -0.2) is 103 Å². The van der Waals surface area contributed by atoms with Crippen molar-refractivity contribution in [2.24, 2.45) is 10.8 Å². The van der Waals surface area contributed by atoms with Gasteiger partial charge in [0.05, 0.1) is 28.7 Å². The van der Waals surface area contributed by atoms with E-state index < -0.39 is 0 Å². The highest BCUT2D eigenvalue weighted by Crippen LogP contribution is 2.44. The summed E-state index contributed by atoms with van der Waals surface area (Å²) in [4.78, 5) is 36.6. The van der Waals surface area contributed by atoms with Gasteiger partial charge in [-0.05, 0) is 33.6 Å². The Balaban J connectivity index is 0.932. The van der Waals surface area contributed by atoms with Crippen LogP contribution in [0.5, 0.6) is 17.5 Å². The number of methoxy groups -OCH3 is 2. The summed E-state index contributed by atoms with van der Waals surface area (Å²) in [6.45, 7) is 12.2.